The van der Waals surface area contributed by atoms with Crippen molar-refractivity contribution in [2.75, 3.05) is 0 Å². The van der Waals surface area contributed by atoms with Gasteiger partial charge >= 0.3 is 4.96 Å². The summed E-state index contributed by atoms with van der Waals surface area (Å²) in [4.78, 5) is 5.24. The summed E-state index contributed by atoms with van der Waals surface area (Å²) in [5.74, 6) is 0. The number of thiazole rings is 1. The van der Waals surface area contributed by atoms with Gasteiger partial charge in [-0.15, -0.1) is 0 Å². The fourth-order valence-corrected chi connectivity index (χ4v) is 1.74. The lowest BCUT2D eigenvalue weighted by atomic mass is 10.5. The van der Waals surface area contributed by atoms with Crippen molar-refractivity contribution in [2.24, 2.45) is 0 Å². The maximum Gasteiger partial charge on any atom is 0.386 e. The van der Waals surface area contributed by atoms with E-state index in [4.69, 9.17) is 0 Å². The second kappa shape index (κ2) is 2.02. The second-order valence-corrected chi connectivity index (χ2v) is 2.99. The first kappa shape index (κ1) is 5.80. The molecule has 0 saturated carbocycles. The molecular weight excluding hydrogens is 144 g/mol. The number of rotatable bonds is 0. The fraction of sp³-hybridized carbons (Fsp3) is 0.143. The molecule has 2 aromatic rings. The van der Waals surface area contributed by atoms with E-state index in [1.807, 2.05) is 18.5 Å². The molecule has 3 heteroatoms. The van der Waals surface area contributed by atoms with Crippen molar-refractivity contribution in [1.29, 1.82) is 0 Å². The normalized spacial score (nSPS) is 10.5. The number of hydrogen-bond donors (Lipinski definition) is 0. The van der Waals surface area contributed by atoms with Crippen LogP contribution in [-0.2, 0) is 0 Å². The van der Waals surface area contributed by atoms with E-state index in [0.717, 1.165) is 4.96 Å². The highest BCUT2D eigenvalue weighted by Crippen LogP contribution is 2.03. The van der Waals surface area contributed by atoms with Crippen LogP contribution in [0.1, 0.15) is 5.69 Å². The lowest BCUT2D eigenvalue weighted by molar-refractivity contribution is -0.517. The Bertz CT molecular complexity index is 353. The molecule has 50 valence electrons. The minimum atomic E-state index is 1.06. The first-order chi connectivity index (χ1) is 4.88. The Hall–Kier alpha value is -0.960. The molecule has 0 aliphatic rings. The van der Waals surface area contributed by atoms with Gasteiger partial charge in [-0.2, -0.15) is 4.40 Å². The van der Waals surface area contributed by atoms with Crippen LogP contribution in [0.4, 0.5) is 0 Å². The van der Waals surface area contributed by atoms with Crippen LogP contribution in [0, 0.1) is 6.92 Å². The highest BCUT2D eigenvalue weighted by atomic mass is 32.1. The maximum absolute atomic E-state index is 4.18. The van der Waals surface area contributed by atoms with Gasteiger partial charge < -0.3 is 0 Å². The van der Waals surface area contributed by atoms with Gasteiger partial charge in [0, 0.05) is 11.4 Å². The predicted molar refractivity (Wildman–Crippen MR) is 40.0 cm³/mol. The van der Waals surface area contributed by atoms with Gasteiger partial charge in [0.25, 0.3) is 0 Å². The molecule has 0 N–H and O–H groups in total. The molecule has 0 bridgehead atoms. The van der Waals surface area contributed by atoms with Crippen molar-refractivity contribution in [3.63, 3.8) is 0 Å². The summed E-state index contributed by atoms with van der Waals surface area (Å²) in [5.41, 5.74) is 1.24. The van der Waals surface area contributed by atoms with Crippen molar-refractivity contribution in [3.8, 4) is 0 Å². The second-order valence-electron chi connectivity index (χ2n) is 2.15. The van der Waals surface area contributed by atoms with E-state index >= 15 is 0 Å². The van der Waals surface area contributed by atoms with Crippen LogP contribution in [0.5, 0.6) is 0 Å². The molecule has 0 saturated heterocycles. The van der Waals surface area contributed by atoms with E-state index in [1.54, 1.807) is 11.3 Å². The first-order valence-electron chi connectivity index (χ1n) is 3.08. The summed E-state index contributed by atoms with van der Waals surface area (Å²) in [6.45, 7) is 2.07. The zero-order chi connectivity index (χ0) is 6.97. The third-order valence-electron chi connectivity index (χ3n) is 1.43. The van der Waals surface area contributed by atoms with Crippen molar-refractivity contribution < 1.29 is 4.40 Å². The lowest BCUT2D eigenvalue weighted by Gasteiger charge is -1.80. The van der Waals surface area contributed by atoms with Gasteiger partial charge in [-0.3, -0.25) is 0 Å². The molecule has 0 fully saturated rings. The molecular formula is C7H7N2S+. The Morgan fingerprint density at radius 3 is 3.30 bits per heavy atom. The molecule has 0 unspecified atom stereocenters. The van der Waals surface area contributed by atoms with E-state index in [1.165, 1.54) is 5.69 Å². The van der Waals surface area contributed by atoms with Crippen molar-refractivity contribution in [2.45, 2.75) is 6.92 Å². The van der Waals surface area contributed by atoms with Crippen LogP contribution in [0.2, 0.25) is 0 Å². The highest BCUT2D eigenvalue weighted by molar-refractivity contribution is 7.14. The average Bonchev–Trinajstić information content (AvgIpc) is 2.34. The van der Waals surface area contributed by atoms with Gasteiger partial charge in [-0.1, -0.05) is 11.3 Å². The number of aryl methyl sites for hydroxylation is 1. The third-order valence-corrected chi connectivity index (χ3v) is 2.40. The minimum Gasteiger partial charge on any atom is -0.190 e. The Kier molecular flexibility index (Phi) is 1.17. The first-order valence-corrected chi connectivity index (χ1v) is 3.96. The number of nitrogens with zero attached hydrogens (tertiary/aromatic N) is 2. The SMILES string of the molecule is Cc1csc2nccc[n+]12. The van der Waals surface area contributed by atoms with Crippen LogP contribution in [0.25, 0.3) is 4.96 Å². The summed E-state index contributed by atoms with van der Waals surface area (Å²) < 4.78 is 2.07. The third kappa shape index (κ3) is 0.708. The smallest absolute Gasteiger partial charge is 0.190 e. The molecule has 0 amide bonds. The van der Waals surface area contributed by atoms with Gasteiger partial charge in [0.15, 0.2) is 0 Å². The number of fused-ring (bicyclic) bond motifs is 1. The Morgan fingerprint density at radius 2 is 2.50 bits per heavy atom. The molecule has 0 radical (unpaired) electrons. The molecule has 10 heavy (non-hydrogen) atoms. The van der Waals surface area contributed by atoms with Gasteiger partial charge in [-0.25, -0.2) is 0 Å². The van der Waals surface area contributed by atoms with Crippen LogP contribution in [-0.4, -0.2) is 4.98 Å². The van der Waals surface area contributed by atoms with Gasteiger partial charge in [0.2, 0.25) is 0 Å². The molecule has 0 aliphatic heterocycles. The monoisotopic (exact) mass is 151 g/mol. The van der Waals surface area contributed by atoms with E-state index in [9.17, 15) is 0 Å². The quantitative estimate of drug-likeness (QED) is 0.517. The van der Waals surface area contributed by atoms with E-state index in [0.29, 0.717) is 0 Å². The van der Waals surface area contributed by atoms with E-state index in [-0.39, 0.29) is 0 Å². The summed E-state index contributed by atoms with van der Waals surface area (Å²) in [6.07, 6.45) is 3.83. The Labute approximate surface area is 62.8 Å². The lowest BCUT2D eigenvalue weighted by Crippen LogP contribution is -2.21. The summed E-state index contributed by atoms with van der Waals surface area (Å²) >= 11 is 1.67. The van der Waals surface area contributed by atoms with Crippen molar-refractivity contribution in [1.82, 2.24) is 4.98 Å². The molecule has 0 aliphatic carbocycles. The highest BCUT2D eigenvalue weighted by Gasteiger charge is 2.05. The molecule has 0 aromatic carbocycles. The Morgan fingerprint density at radius 1 is 1.60 bits per heavy atom. The molecule has 0 atom stereocenters. The zero-order valence-corrected chi connectivity index (χ0v) is 6.43. The molecule has 2 aromatic heterocycles. The summed E-state index contributed by atoms with van der Waals surface area (Å²) in [6, 6.07) is 1.94. The van der Waals surface area contributed by atoms with E-state index < -0.39 is 0 Å². The minimum absolute atomic E-state index is 1.06. The largest absolute Gasteiger partial charge is 0.386 e. The standard InChI is InChI=1S/C7H7N2S/c1-6-5-10-7-8-3-2-4-9(6)7/h2-5H,1H3/q+1. The summed E-state index contributed by atoms with van der Waals surface area (Å²) in [7, 11) is 0. The van der Waals surface area contributed by atoms with Crippen molar-refractivity contribution >= 4 is 16.3 Å². The molecule has 0 spiro atoms. The summed E-state index contributed by atoms with van der Waals surface area (Å²) in [5, 5.41) is 2.10. The topological polar surface area (TPSA) is 17.0 Å². The van der Waals surface area contributed by atoms with Crippen LogP contribution in [0.3, 0.4) is 0 Å². The maximum atomic E-state index is 4.18. The number of aromatic nitrogens is 2. The Balaban J connectivity index is 2.93. The van der Waals surface area contributed by atoms with Crippen LogP contribution >= 0.6 is 11.3 Å². The van der Waals surface area contributed by atoms with Crippen LogP contribution in [0.15, 0.2) is 23.8 Å². The van der Waals surface area contributed by atoms with Gasteiger partial charge in [0.05, 0.1) is 0 Å². The average molecular weight is 151 g/mol. The van der Waals surface area contributed by atoms with E-state index in [2.05, 4.69) is 21.7 Å². The predicted octanol–water partition coefficient (Wildman–Crippen LogP) is 1.19. The fourth-order valence-electron chi connectivity index (χ4n) is 0.908. The van der Waals surface area contributed by atoms with Crippen LogP contribution < -0.4 is 4.40 Å². The van der Waals surface area contributed by atoms with Crippen molar-refractivity contribution in [3.05, 3.63) is 29.5 Å². The molecule has 2 nitrogen and oxygen atoms in total. The zero-order valence-electron chi connectivity index (χ0n) is 5.61. The van der Waals surface area contributed by atoms with Gasteiger partial charge in [0.1, 0.15) is 18.1 Å². The molecule has 2 heterocycles. The van der Waals surface area contributed by atoms with Gasteiger partial charge in [-0.05, 0) is 11.9 Å². The molecule has 2 rings (SSSR count). The number of hydrogen-bond acceptors (Lipinski definition) is 2.